The van der Waals surface area contributed by atoms with E-state index in [0.717, 1.165) is 12.8 Å². The Hall–Kier alpha value is -2.70. The van der Waals surface area contributed by atoms with Crippen LogP contribution in [0.25, 0.3) is 0 Å². The van der Waals surface area contributed by atoms with Gasteiger partial charge in [-0.1, -0.05) is 30.3 Å². The zero-order valence-corrected chi connectivity index (χ0v) is 13.2. The van der Waals surface area contributed by atoms with Crippen LogP contribution < -0.4 is 5.32 Å². The molecule has 1 aromatic heterocycles. The molecule has 7 nitrogen and oxygen atoms in total. The molecule has 1 N–H and O–H groups in total. The van der Waals surface area contributed by atoms with Crippen molar-refractivity contribution in [1.29, 1.82) is 0 Å². The van der Waals surface area contributed by atoms with Crippen molar-refractivity contribution >= 4 is 11.7 Å². The van der Waals surface area contributed by atoms with E-state index in [1.54, 1.807) is 6.92 Å². The number of aryl methyl sites for hydroxylation is 2. The first-order valence-corrected chi connectivity index (χ1v) is 7.47. The molecule has 1 atom stereocenters. The molecule has 0 aliphatic heterocycles. The Morgan fingerprint density at radius 2 is 2.09 bits per heavy atom. The number of imidazole rings is 1. The third-order valence-electron chi connectivity index (χ3n) is 3.58. The monoisotopic (exact) mass is 316 g/mol. The van der Waals surface area contributed by atoms with E-state index >= 15 is 0 Å². The Morgan fingerprint density at radius 1 is 1.39 bits per heavy atom. The lowest BCUT2D eigenvalue weighted by molar-refractivity contribution is -0.389. The van der Waals surface area contributed by atoms with Crippen LogP contribution in [0.5, 0.6) is 0 Å². The standard InChI is InChI=1S/C16H20N4O3/c1-12(8-9-14-6-4-3-5-7-14)17-16(21)11-19-10-15(20(22)23)18-13(19)2/h3-7,10,12H,8-9,11H2,1-2H3,(H,17,21)/t12-/m1/s1. The molecule has 0 saturated carbocycles. The van der Waals surface area contributed by atoms with E-state index in [9.17, 15) is 14.9 Å². The maximum atomic E-state index is 12.0. The zero-order valence-electron chi connectivity index (χ0n) is 13.2. The van der Waals surface area contributed by atoms with E-state index in [1.165, 1.54) is 16.3 Å². The Labute approximate surface area is 134 Å². The largest absolute Gasteiger partial charge is 0.381 e. The number of carbonyl (C=O) groups is 1. The third kappa shape index (κ3) is 4.91. The van der Waals surface area contributed by atoms with Crippen LogP contribution in [-0.4, -0.2) is 26.4 Å². The fourth-order valence-electron chi connectivity index (χ4n) is 2.31. The number of nitrogens with zero attached hydrogens (tertiary/aromatic N) is 3. The molecular weight excluding hydrogens is 296 g/mol. The van der Waals surface area contributed by atoms with Gasteiger partial charge in [0.2, 0.25) is 11.7 Å². The number of benzene rings is 1. The van der Waals surface area contributed by atoms with Crippen LogP contribution in [0.3, 0.4) is 0 Å². The number of amides is 1. The van der Waals surface area contributed by atoms with Gasteiger partial charge >= 0.3 is 5.82 Å². The van der Waals surface area contributed by atoms with E-state index in [2.05, 4.69) is 22.4 Å². The van der Waals surface area contributed by atoms with Gasteiger partial charge in [-0.15, -0.1) is 0 Å². The molecule has 23 heavy (non-hydrogen) atoms. The smallest absolute Gasteiger partial charge is 0.358 e. The van der Waals surface area contributed by atoms with E-state index in [4.69, 9.17) is 0 Å². The van der Waals surface area contributed by atoms with Crippen LogP contribution >= 0.6 is 0 Å². The minimum absolute atomic E-state index is 0.0292. The molecule has 122 valence electrons. The molecule has 0 aliphatic carbocycles. The Balaban J connectivity index is 1.83. The highest BCUT2D eigenvalue weighted by atomic mass is 16.6. The summed E-state index contributed by atoms with van der Waals surface area (Å²) in [5.41, 5.74) is 1.23. The molecule has 1 aromatic carbocycles. The Kier molecular flexibility index (Phi) is 5.46. The van der Waals surface area contributed by atoms with E-state index in [1.807, 2.05) is 25.1 Å². The molecule has 1 amide bonds. The predicted molar refractivity (Wildman–Crippen MR) is 86.0 cm³/mol. The van der Waals surface area contributed by atoms with Crippen molar-refractivity contribution in [1.82, 2.24) is 14.9 Å². The molecule has 0 aliphatic rings. The summed E-state index contributed by atoms with van der Waals surface area (Å²) in [7, 11) is 0. The van der Waals surface area contributed by atoms with Gasteiger partial charge in [0.1, 0.15) is 12.7 Å². The third-order valence-corrected chi connectivity index (χ3v) is 3.58. The van der Waals surface area contributed by atoms with E-state index in [0.29, 0.717) is 5.82 Å². The van der Waals surface area contributed by atoms with Crippen molar-refractivity contribution in [2.75, 3.05) is 0 Å². The molecule has 0 spiro atoms. The molecule has 0 radical (unpaired) electrons. The molecule has 0 saturated heterocycles. The quantitative estimate of drug-likeness (QED) is 0.626. The van der Waals surface area contributed by atoms with Gasteiger partial charge in [0, 0.05) is 13.0 Å². The molecule has 7 heteroatoms. The van der Waals surface area contributed by atoms with Gasteiger partial charge in [0.05, 0.1) is 0 Å². The van der Waals surface area contributed by atoms with Gasteiger partial charge in [-0.3, -0.25) is 9.36 Å². The van der Waals surface area contributed by atoms with Crippen molar-refractivity contribution in [2.24, 2.45) is 0 Å². The first-order valence-electron chi connectivity index (χ1n) is 7.47. The first-order chi connectivity index (χ1) is 11.0. The van der Waals surface area contributed by atoms with Crippen LogP contribution in [0.4, 0.5) is 5.82 Å². The SMILES string of the molecule is Cc1nc([N+](=O)[O-])cn1CC(=O)N[C@H](C)CCc1ccccc1. The highest BCUT2D eigenvalue weighted by Crippen LogP contribution is 2.10. The van der Waals surface area contributed by atoms with Crippen molar-refractivity contribution in [3.8, 4) is 0 Å². The zero-order chi connectivity index (χ0) is 16.8. The van der Waals surface area contributed by atoms with Crippen molar-refractivity contribution in [3.63, 3.8) is 0 Å². The summed E-state index contributed by atoms with van der Waals surface area (Å²) in [5.74, 6) is 0.0252. The molecule has 2 aromatic rings. The van der Waals surface area contributed by atoms with Crippen molar-refractivity contribution in [2.45, 2.75) is 39.3 Å². The summed E-state index contributed by atoms with van der Waals surface area (Å²) in [5, 5.41) is 13.6. The van der Waals surface area contributed by atoms with Gasteiger partial charge < -0.3 is 15.4 Å². The van der Waals surface area contributed by atoms with Crippen LogP contribution in [0, 0.1) is 17.0 Å². The lowest BCUT2D eigenvalue weighted by Gasteiger charge is -2.14. The maximum absolute atomic E-state index is 12.0. The number of nitro groups is 1. The molecule has 0 unspecified atom stereocenters. The number of hydrogen-bond acceptors (Lipinski definition) is 4. The number of aromatic nitrogens is 2. The molecular formula is C16H20N4O3. The summed E-state index contributed by atoms with van der Waals surface area (Å²) in [4.78, 5) is 26.0. The number of rotatable bonds is 7. The van der Waals surface area contributed by atoms with Gasteiger partial charge in [-0.05, 0) is 35.2 Å². The topological polar surface area (TPSA) is 90.1 Å². The normalized spacial score (nSPS) is 11.9. The van der Waals surface area contributed by atoms with Crippen molar-refractivity contribution < 1.29 is 9.72 Å². The number of nitrogens with one attached hydrogen (secondary N) is 1. The second-order valence-electron chi connectivity index (χ2n) is 5.52. The maximum Gasteiger partial charge on any atom is 0.381 e. The summed E-state index contributed by atoms with van der Waals surface area (Å²) in [6.45, 7) is 3.62. The highest BCUT2D eigenvalue weighted by Gasteiger charge is 2.17. The van der Waals surface area contributed by atoms with E-state index in [-0.39, 0.29) is 24.3 Å². The minimum atomic E-state index is -0.566. The molecule has 0 fully saturated rings. The Morgan fingerprint density at radius 3 is 2.70 bits per heavy atom. The van der Waals surface area contributed by atoms with Crippen LogP contribution in [-0.2, 0) is 17.8 Å². The minimum Gasteiger partial charge on any atom is -0.358 e. The van der Waals surface area contributed by atoms with Gasteiger partial charge in [0.15, 0.2) is 0 Å². The average Bonchev–Trinajstić information content (AvgIpc) is 2.87. The second kappa shape index (κ2) is 7.53. The summed E-state index contributed by atoms with van der Waals surface area (Å²) < 4.78 is 1.48. The van der Waals surface area contributed by atoms with E-state index < -0.39 is 4.92 Å². The van der Waals surface area contributed by atoms with Gasteiger partial charge in [-0.25, -0.2) is 0 Å². The molecule has 2 rings (SSSR count). The van der Waals surface area contributed by atoms with Gasteiger partial charge in [-0.2, -0.15) is 0 Å². The summed E-state index contributed by atoms with van der Waals surface area (Å²) >= 11 is 0. The first kappa shape index (κ1) is 16.7. The fourth-order valence-corrected chi connectivity index (χ4v) is 2.31. The second-order valence-corrected chi connectivity index (χ2v) is 5.52. The highest BCUT2D eigenvalue weighted by molar-refractivity contribution is 5.76. The summed E-state index contributed by atoms with van der Waals surface area (Å²) in [6, 6.07) is 10.1. The average molecular weight is 316 g/mol. The molecule has 0 bridgehead atoms. The number of hydrogen-bond donors (Lipinski definition) is 1. The van der Waals surface area contributed by atoms with Gasteiger partial charge in [0.25, 0.3) is 0 Å². The fraction of sp³-hybridized carbons (Fsp3) is 0.375. The lowest BCUT2D eigenvalue weighted by Crippen LogP contribution is -2.35. The summed E-state index contributed by atoms with van der Waals surface area (Å²) in [6.07, 6.45) is 3.00. The van der Waals surface area contributed by atoms with Crippen LogP contribution in [0.2, 0.25) is 0 Å². The van der Waals surface area contributed by atoms with Crippen LogP contribution in [0.1, 0.15) is 24.7 Å². The number of carbonyl (C=O) groups excluding carboxylic acids is 1. The lowest BCUT2D eigenvalue weighted by atomic mass is 10.1. The molecule has 1 heterocycles. The Bertz CT molecular complexity index is 682. The van der Waals surface area contributed by atoms with Crippen molar-refractivity contribution in [3.05, 3.63) is 58.0 Å². The van der Waals surface area contributed by atoms with Crippen LogP contribution in [0.15, 0.2) is 36.5 Å². The predicted octanol–water partition coefficient (Wildman–Crippen LogP) is 2.24.